The van der Waals surface area contributed by atoms with Gasteiger partial charge in [0.2, 0.25) is 5.69 Å². The number of rotatable bonds is 1. The van der Waals surface area contributed by atoms with Gasteiger partial charge in [-0.15, -0.1) is 0 Å². The average Bonchev–Trinajstić information content (AvgIpc) is 3.31. The third-order valence-corrected chi connectivity index (χ3v) is 6.85. The van der Waals surface area contributed by atoms with Crippen molar-refractivity contribution in [1.29, 1.82) is 0 Å². The second-order valence-electron chi connectivity index (χ2n) is 8.61. The van der Waals surface area contributed by atoms with E-state index in [0.717, 1.165) is 0 Å². The highest BCUT2D eigenvalue weighted by atomic mass is 14.9. The SMILES string of the molecule is Cc1ccc2c3cccc4c5ccccc5n(c2c1-c1cc2ccccc2c[n+]1C)c43. The molecular weight excluding hydrogens is 376 g/mol. The highest BCUT2D eigenvalue weighted by Crippen LogP contribution is 2.42. The molecule has 0 aliphatic rings. The van der Waals surface area contributed by atoms with Crippen molar-refractivity contribution in [1.82, 2.24) is 4.40 Å². The van der Waals surface area contributed by atoms with Gasteiger partial charge in [0.05, 0.1) is 22.1 Å². The number of nitrogens with zero attached hydrogens (tertiary/aromatic N) is 2. The van der Waals surface area contributed by atoms with Crippen LogP contribution in [0, 0.1) is 6.92 Å². The van der Waals surface area contributed by atoms with Crippen LogP contribution in [0.3, 0.4) is 0 Å². The Morgan fingerprint density at radius 3 is 2.19 bits per heavy atom. The zero-order valence-corrected chi connectivity index (χ0v) is 17.6. The third kappa shape index (κ3) is 2.09. The van der Waals surface area contributed by atoms with Crippen LogP contribution in [0.4, 0.5) is 0 Å². The fourth-order valence-electron chi connectivity index (χ4n) is 5.47. The summed E-state index contributed by atoms with van der Waals surface area (Å²) in [7, 11) is 2.16. The Kier molecular flexibility index (Phi) is 3.17. The molecular formula is C29H21N2+. The fraction of sp³-hybridized carbons (Fsp3) is 0.0690. The predicted octanol–water partition coefficient (Wildman–Crippen LogP) is 6.79. The van der Waals surface area contributed by atoms with Gasteiger partial charge >= 0.3 is 0 Å². The van der Waals surface area contributed by atoms with Crippen molar-refractivity contribution in [3.63, 3.8) is 0 Å². The normalized spacial score (nSPS) is 12.2. The third-order valence-electron chi connectivity index (χ3n) is 6.85. The van der Waals surface area contributed by atoms with Crippen molar-refractivity contribution in [3.8, 4) is 11.3 Å². The Morgan fingerprint density at radius 2 is 1.32 bits per heavy atom. The maximum atomic E-state index is 2.49. The van der Waals surface area contributed by atoms with E-state index in [1.807, 2.05) is 0 Å². The molecule has 0 bridgehead atoms. The van der Waals surface area contributed by atoms with Gasteiger partial charge in [-0.2, -0.15) is 0 Å². The summed E-state index contributed by atoms with van der Waals surface area (Å²) < 4.78 is 4.77. The molecule has 31 heavy (non-hydrogen) atoms. The zero-order chi connectivity index (χ0) is 20.7. The van der Waals surface area contributed by atoms with Gasteiger partial charge in [0.15, 0.2) is 6.20 Å². The van der Waals surface area contributed by atoms with Crippen LogP contribution in [0.2, 0.25) is 0 Å². The van der Waals surface area contributed by atoms with Crippen molar-refractivity contribution in [2.24, 2.45) is 7.05 Å². The fourth-order valence-corrected chi connectivity index (χ4v) is 5.47. The number of aryl methyl sites for hydroxylation is 2. The molecule has 7 aromatic rings. The van der Waals surface area contributed by atoms with Crippen LogP contribution in [0.15, 0.2) is 91.1 Å². The summed E-state index contributed by atoms with van der Waals surface area (Å²) in [6, 6.07) is 31.0. The summed E-state index contributed by atoms with van der Waals surface area (Å²) >= 11 is 0. The second-order valence-corrected chi connectivity index (χ2v) is 8.61. The van der Waals surface area contributed by atoms with Crippen LogP contribution >= 0.6 is 0 Å². The molecule has 0 amide bonds. The minimum absolute atomic E-state index is 1.24. The lowest BCUT2D eigenvalue weighted by Crippen LogP contribution is -2.30. The predicted molar refractivity (Wildman–Crippen MR) is 130 cm³/mol. The van der Waals surface area contributed by atoms with Crippen LogP contribution in [0.1, 0.15) is 5.56 Å². The Morgan fingerprint density at radius 1 is 0.645 bits per heavy atom. The maximum Gasteiger partial charge on any atom is 0.215 e. The zero-order valence-electron chi connectivity index (χ0n) is 17.6. The summed E-state index contributed by atoms with van der Waals surface area (Å²) in [5, 5.41) is 7.83. The lowest BCUT2D eigenvalue weighted by atomic mass is 9.98. The van der Waals surface area contributed by atoms with E-state index in [4.69, 9.17) is 0 Å². The molecule has 0 saturated carbocycles. The number of hydrogen-bond acceptors (Lipinski definition) is 0. The smallest absolute Gasteiger partial charge is 0.215 e. The molecule has 146 valence electrons. The van der Waals surface area contributed by atoms with Crippen LogP contribution < -0.4 is 4.57 Å². The van der Waals surface area contributed by atoms with E-state index < -0.39 is 0 Å². The van der Waals surface area contributed by atoms with Gasteiger partial charge in [0.25, 0.3) is 0 Å². The maximum absolute atomic E-state index is 2.49. The summed E-state index contributed by atoms with van der Waals surface area (Å²) in [6.07, 6.45) is 2.24. The number of benzene rings is 4. The van der Waals surface area contributed by atoms with Crippen molar-refractivity contribution < 1.29 is 4.57 Å². The molecule has 0 saturated heterocycles. The van der Waals surface area contributed by atoms with E-state index in [0.29, 0.717) is 0 Å². The topological polar surface area (TPSA) is 8.29 Å². The Hall–Kier alpha value is -3.91. The minimum Gasteiger partial charge on any atom is -0.307 e. The van der Waals surface area contributed by atoms with E-state index in [9.17, 15) is 0 Å². The van der Waals surface area contributed by atoms with Gasteiger partial charge < -0.3 is 4.40 Å². The average molecular weight is 398 g/mol. The first-order valence-corrected chi connectivity index (χ1v) is 10.8. The molecule has 4 aromatic carbocycles. The van der Waals surface area contributed by atoms with Crippen molar-refractivity contribution in [3.05, 3.63) is 96.7 Å². The molecule has 0 radical (unpaired) electrons. The minimum atomic E-state index is 1.24. The van der Waals surface area contributed by atoms with Crippen molar-refractivity contribution >= 4 is 48.9 Å². The summed E-state index contributed by atoms with van der Waals surface area (Å²) in [5.74, 6) is 0. The number of para-hydroxylation sites is 2. The summed E-state index contributed by atoms with van der Waals surface area (Å²) in [4.78, 5) is 0. The van der Waals surface area contributed by atoms with Crippen LogP contribution in [-0.4, -0.2) is 4.40 Å². The standard InChI is InChI=1S/C29H21N2/c1-18-14-15-24-23-12-7-11-22-21-10-5-6-13-25(21)31(28(22)23)29(24)27(18)26-16-19-8-3-4-9-20(19)17-30(26)2/h3-17H,1-2H3/q+1. The van der Waals surface area contributed by atoms with Crippen LogP contribution in [-0.2, 0) is 7.05 Å². The molecule has 0 atom stereocenters. The summed E-state index contributed by atoms with van der Waals surface area (Å²) in [6.45, 7) is 2.23. The Bertz CT molecular complexity index is 1800. The van der Waals surface area contributed by atoms with Gasteiger partial charge in [-0.3, -0.25) is 0 Å². The highest BCUT2D eigenvalue weighted by Gasteiger charge is 2.24. The van der Waals surface area contributed by atoms with E-state index >= 15 is 0 Å². The van der Waals surface area contributed by atoms with Gasteiger partial charge in [-0.25, -0.2) is 4.57 Å². The van der Waals surface area contributed by atoms with E-state index in [-0.39, 0.29) is 0 Å². The molecule has 3 heterocycles. The van der Waals surface area contributed by atoms with E-state index in [1.165, 1.54) is 65.7 Å². The van der Waals surface area contributed by atoms with Crippen molar-refractivity contribution in [2.45, 2.75) is 6.92 Å². The first-order valence-electron chi connectivity index (χ1n) is 10.8. The van der Waals surface area contributed by atoms with Crippen LogP contribution in [0.25, 0.3) is 60.1 Å². The van der Waals surface area contributed by atoms with Gasteiger partial charge in [0, 0.05) is 33.0 Å². The second kappa shape index (κ2) is 5.83. The molecule has 0 spiro atoms. The first kappa shape index (κ1) is 16.8. The van der Waals surface area contributed by atoms with Gasteiger partial charge in [-0.1, -0.05) is 66.7 Å². The lowest BCUT2D eigenvalue weighted by molar-refractivity contribution is -0.659. The molecule has 0 unspecified atom stereocenters. The largest absolute Gasteiger partial charge is 0.307 e. The molecule has 7 rings (SSSR count). The summed E-state index contributed by atoms with van der Waals surface area (Å²) in [5.41, 5.74) is 7.76. The first-order chi connectivity index (χ1) is 15.2. The number of fused-ring (bicyclic) bond motifs is 7. The quantitative estimate of drug-likeness (QED) is 0.270. The van der Waals surface area contributed by atoms with Crippen molar-refractivity contribution in [2.75, 3.05) is 0 Å². The number of hydrogen-bond donors (Lipinski definition) is 0. The Balaban J connectivity index is 1.76. The molecule has 0 N–H and O–H groups in total. The molecule has 2 nitrogen and oxygen atoms in total. The number of aromatic nitrogens is 2. The Labute approximate surface area is 179 Å². The molecule has 3 aromatic heterocycles. The molecule has 0 aliphatic carbocycles. The van der Waals surface area contributed by atoms with Gasteiger partial charge in [-0.05, 0) is 30.0 Å². The lowest BCUT2D eigenvalue weighted by Gasteiger charge is -2.09. The van der Waals surface area contributed by atoms with Gasteiger partial charge in [0.1, 0.15) is 7.05 Å². The van der Waals surface area contributed by atoms with E-state index in [2.05, 4.69) is 114 Å². The molecule has 2 heteroatoms. The van der Waals surface area contributed by atoms with Crippen LogP contribution in [0.5, 0.6) is 0 Å². The van der Waals surface area contributed by atoms with E-state index in [1.54, 1.807) is 0 Å². The number of pyridine rings is 1. The highest BCUT2D eigenvalue weighted by molar-refractivity contribution is 6.25. The monoisotopic (exact) mass is 397 g/mol. The molecule has 0 fully saturated rings. The molecule has 0 aliphatic heterocycles.